The molecule has 13 atom stereocenters. The van der Waals surface area contributed by atoms with Gasteiger partial charge in [-0.1, -0.05) is 62.8 Å². The van der Waals surface area contributed by atoms with E-state index in [2.05, 4.69) is 57.2 Å². The molecule has 44 heavy (non-hydrogen) atoms. The summed E-state index contributed by atoms with van der Waals surface area (Å²) in [6.45, 7) is 9.65. The standard InChI is InChI=1S/C38H50O6/c1-22(19-39)14-25-16-26(33(42)44-25)27-11-13-37-20-38(27,37)32(41)18-30-34(2)12-10-24-15-28(23-8-6-5-7-9-23)43-21-35(24,3)29(34)17-31(40)36(30,37)4/h5-10,14,25-32,39-41H,11-13,15-21H2,1-4H3/b22-14+/t25-,26-,27-,28-,29+,30+,31+,32+,34+,35-,36-,37+,38+/m0/s1. The fourth-order valence-corrected chi connectivity index (χ4v) is 13.1. The molecule has 2 saturated heterocycles. The first kappa shape index (κ1) is 29.4. The second-order valence-corrected chi connectivity index (χ2v) is 16.6. The van der Waals surface area contributed by atoms with E-state index in [1.54, 1.807) is 0 Å². The van der Waals surface area contributed by atoms with Crippen LogP contribution in [0.1, 0.15) is 90.7 Å². The Kier molecular flexibility index (Phi) is 6.37. The predicted molar refractivity (Wildman–Crippen MR) is 166 cm³/mol. The van der Waals surface area contributed by atoms with Crippen molar-refractivity contribution in [2.75, 3.05) is 13.2 Å². The first-order valence-corrected chi connectivity index (χ1v) is 17.2. The summed E-state index contributed by atoms with van der Waals surface area (Å²) in [4.78, 5) is 13.3. The molecule has 1 aromatic rings. The van der Waals surface area contributed by atoms with E-state index in [9.17, 15) is 20.1 Å². The summed E-state index contributed by atoms with van der Waals surface area (Å²) in [7, 11) is 0. The van der Waals surface area contributed by atoms with Gasteiger partial charge in [0.2, 0.25) is 0 Å². The number of aliphatic hydroxyl groups is 3. The summed E-state index contributed by atoms with van der Waals surface area (Å²) in [5.41, 5.74) is 2.54. The van der Waals surface area contributed by atoms with Gasteiger partial charge in [-0.2, -0.15) is 0 Å². The zero-order valence-corrected chi connectivity index (χ0v) is 26.8. The number of fused-ring (bicyclic) bond motifs is 5. The zero-order valence-electron chi connectivity index (χ0n) is 26.8. The summed E-state index contributed by atoms with van der Waals surface area (Å²) >= 11 is 0. The van der Waals surface area contributed by atoms with Crippen LogP contribution in [0.25, 0.3) is 0 Å². The largest absolute Gasteiger partial charge is 0.458 e. The van der Waals surface area contributed by atoms with Crippen LogP contribution in [0, 0.1) is 50.7 Å². The van der Waals surface area contributed by atoms with Gasteiger partial charge >= 0.3 is 5.97 Å². The molecule has 7 aliphatic rings. The van der Waals surface area contributed by atoms with Gasteiger partial charge < -0.3 is 24.8 Å². The Morgan fingerprint density at radius 1 is 1.05 bits per heavy atom. The van der Waals surface area contributed by atoms with E-state index in [-0.39, 0.29) is 75.5 Å². The highest BCUT2D eigenvalue weighted by atomic mass is 16.5. The molecule has 0 unspecified atom stereocenters. The molecule has 5 aliphatic carbocycles. The van der Waals surface area contributed by atoms with E-state index in [1.165, 1.54) is 11.1 Å². The summed E-state index contributed by atoms with van der Waals surface area (Å²) in [5, 5.41) is 34.1. The number of aliphatic hydroxyl groups excluding tert-OH is 3. The molecule has 8 rings (SSSR count). The Bertz CT molecular complexity index is 1420. The lowest BCUT2D eigenvalue weighted by Crippen LogP contribution is -2.67. The van der Waals surface area contributed by atoms with E-state index >= 15 is 0 Å². The van der Waals surface area contributed by atoms with Crippen LogP contribution < -0.4 is 0 Å². The minimum absolute atomic E-state index is 0.0409. The number of hydrogen-bond acceptors (Lipinski definition) is 6. The third-order valence-corrected chi connectivity index (χ3v) is 15.2. The average molecular weight is 603 g/mol. The average Bonchev–Trinajstić information content (AvgIpc) is 3.43. The third-order valence-electron chi connectivity index (χ3n) is 15.2. The van der Waals surface area contributed by atoms with Gasteiger partial charge in [-0.25, -0.2) is 0 Å². The summed E-state index contributed by atoms with van der Waals surface area (Å²) < 4.78 is 12.4. The third kappa shape index (κ3) is 3.49. The Hall–Kier alpha value is -1.99. The fraction of sp³-hybridized carbons (Fsp3) is 0.711. The van der Waals surface area contributed by atoms with Gasteiger partial charge in [0.1, 0.15) is 6.10 Å². The topological polar surface area (TPSA) is 96.2 Å². The van der Waals surface area contributed by atoms with E-state index in [1.807, 2.05) is 13.0 Å². The van der Waals surface area contributed by atoms with Crippen molar-refractivity contribution >= 4 is 5.97 Å². The Morgan fingerprint density at radius 3 is 2.55 bits per heavy atom. The van der Waals surface area contributed by atoms with Crippen molar-refractivity contribution in [2.45, 2.75) is 103 Å². The number of carbonyl (C=O) groups excluding carboxylic acids is 1. The van der Waals surface area contributed by atoms with Crippen molar-refractivity contribution in [1.82, 2.24) is 0 Å². The van der Waals surface area contributed by atoms with Crippen molar-refractivity contribution < 1.29 is 29.6 Å². The molecule has 2 heterocycles. The number of ether oxygens (including phenoxy) is 2. The van der Waals surface area contributed by atoms with Gasteiger partial charge in [0.25, 0.3) is 0 Å². The van der Waals surface area contributed by atoms with Crippen molar-refractivity contribution in [3.8, 4) is 0 Å². The second-order valence-electron chi connectivity index (χ2n) is 16.6. The SMILES string of the molecule is C/C(=C\[C@H]1C[C@@H]([C@@H]2CC[C@]34C[C@]23[C@H](O)C[C@@H]2[C@]3(C)CC=C5C[C@@H](c6ccccc6)OC[C@]5(C)[C@@H]3C[C@@H](O)[C@]24C)C(=O)O1)CO. The van der Waals surface area contributed by atoms with Gasteiger partial charge in [0, 0.05) is 22.7 Å². The molecule has 2 aliphatic heterocycles. The molecule has 4 saturated carbocycles. The van der Waals surface area contributed by atoms with Crippen LogP contribution in [0.5, 0.6) is 0 Å². The van der Waals surface area contributed by atoms with Crippen LogP contribution in [0.2, 0.25) is 0 Å². The summed E-state index contributed by atoms with van der Waals surface area (Å²) in [5.74, 6) is 0.151. The normalized spacial score (nSPS) is 52.6. The van der Waals surface area contributed by atoms with Crippen LogP contribution in [-0.4, -0.2) is 52.8 Å². The minimum Gasteiger partial charge on any atom is -0.458 e. The zero-order chi connectivity index (χ0) is 30.9. The van der Waals surface area contributed by atoms with Gasteiger partial charge in [0.15, 0.2) is 0 Å². The van der Waals surface area contributed by atoms with Crippen LogP contribution in [-0.2, 0) is 14.3 Å². The lowest BCUT2D eigenvalue weighted by molar-refractivity contribution is -0.240. The number of benzene rings is 1. The van der Waals surface area contributed by atoms with Crippen molar-refractivity contribution in [3.63, 3.8) is 0 Å². The maximum Gasteiger partial charge on any atom is 0.309 e. The van der Waals surface area contributed by atoms with Gasteiger partial charge in [-0.15, -0.1) is 0 Å². The Labute approximate surface area is 261 Å². The molecule has 6 nitrogen and oxygen atoms in total. The fourth-order valence-electron chi connectivity index (χ4n) is 13.1. The number of carbonyl (C=O) groups is 1. The predicted octanol–water partition coefficient (Wildman–Crippen LogP) is 5.92. The molecule has 6 heteroatoms. The lowest BCUT2D eigenvalue weighted by Gasteiger charge is -2.68. The number of cyclic esters (lactones) is 1. The highest BCUT2D eigenvalue weighted by molar-refractivity contribution is 5.76. The number of hydrogen-bond donors (Lipinski definition) is 3. The highest BCUT2D eigenvalue weighted by Gasteiger charge is 2.88. The first-order valence-electron chi connectivity index (χ1n) is 17.2. The van der Waals surface area contributed by atoms with Crippen LogP contribution in [0.3, 0.4) is 0 Å². The second kappa shape index (κ2) is 9.53. The molecule has 0 amide bonds. The van der Waals surface area contributed by atoms with Gasteiger partial charge in [0.05, 0.1) is 37.4 Å². The molecule has 0 spiro atoms. The number of allylic oxidation sites excluding steroid dienone is 1. The molecule has 6 fully saturated rings. The van der Waals surface area contributed by atoms with Crippen LogP contribution in [0.15, 0.2) is 53.6 Å². The van der Waals surface area contributed by atoms with Crippen molar-refractivity contribution in [1.29, 1.82) is 0 Å². The van der Waals surface area contributed by atoms with Crippen molar-refractivity contribution in [2.24, 2.45) is 50.7 Å². The Balaban J connectivity index is 1.10. The summed E-state index contributed by atoms with van der Waals surface area (Å²) in [6, 6.07) is 10.5. The van der Waals surface area contributed by atoms with E-state index < -0.39 is 12.2 Å². The molecule has 0 bridgehead atoms. The number of rotatable bonds is 4. The van der Waals surface area contributed by atoms with Gasteiger partial charge in [-0.3, -0.25) is 4.79 Å². The highest BCUT2D eigenvalue weighted by Crippen LogP contribution is 2.90. The first-order chi connectivity index (χ1) is 20.9. The smallest absolute Gasteiger partial charge is 0.309 e. The Morgan fingerprint density at radius 2 is 1.80 bits per heavy atom. The molecular weight excluding hydrogens is 552 g/mol. The molecule has 0 radical (unpaired) electrons. The quantitative estimate of drug-likeness (QED) is 0.293. The monoisotopic (exact) mass is 602 g/mol. The lowest BCUT2D eigenvalue weighted by atomic mass is 9.37. The molecule has 3 N–H and O–H groups in total. The summed E-state index contributed by atoms with van der Waals surface area (Å²) in [6.07, 6.45) is 9.90. The molecule has 1 aromatic carbocycles. The van der Waals surface area contributed by atoms with Crippen LogP contribution >= 0.6 is 0 Å². The minimum atomic E-state index is -0.485. The molecular formula is C38H50O6. The molecule has 238 valence electrons. The number of esters is 1. The maximum absolute atomic E-state index is 13.3. The van der Waals surface area contributed by atoms with E-state index in [0.717, 1.165) is 44.1 Å². The van der Waals surface area contributed by atoms with Crippen LogP contribution in [0.4, 0.5) is 0 Å². The maximum atomic E-state index is 13.3. The van der Waals surface area contributed by atoms with Gasteiger partial charge in [-0.05, 0) is 97.7 Å². The molecule has 0 aromatic heterocycles. The van der Waals surface area contributed by atoms with Crippen molar-refractivity contribution in [3.05, 3.63) is 59.2 Å². The van der Waals surface area contributed by atoms with E-state index in [0.29, 0.717) is 19.4 Å². The van der Waals surface area contributed by atoms with E-state index in [4.69, 9.17) is 9.47 Å².